The number of hydrogen-bond acceptors (Lipinski definition) is 6. The minimum Gasteiger partial charge on any atom is -0.504 e. The van der Waals surface area contributed by atoms with Crippen LogP contribution in [0.1, 0.15) is 21.7 Å². The van der Waals surface area contributed by atoms with Gasteiger partial charge in [-0.2, -0.15) is 5.10 Å². The molecule has 2 aromatic heterocycles. The molecular formula is C15H14N4O3S. The van der Waals surface area contributed by atoms with Gasteiger partial charge < -0.3 is 9.84 Å². The third-order valence-corrected chi connectivity index (χ3v) is 3.99. The number of benzene rings is 1. The number of hydrazone groups is 1. The average molecular weight is 330 g/mol. The van der Waals surface area contributed by atoms with Crippen LogP contribution in [-0.2, 0) is 0 Å². The Bertz CT molecular complexity index is 897. The third kappa shape index (κ3) is 2.88. The maximum atomic E-state index is 12.3. The van der Waals surface area contributed by atoms with Gasteiger partial charge in [-0.15, -0.1) is 11.3 Å². The summed E-state index contributed by atoms with van der Waals surface area (Å²) in [5.41, 5.74) is 4.27. The third-order valence-electron chi connectivity index (χ3n) is 3.23. The quantitative estimate of drug-likeness (QED) is 0.567. The van der Waals surface area contributed by atoms with Crippen molar-refractivity contribution in [1.82, 2.24) is 14.8 Å². The molecule has 7 nitrogen and oxygen atoms in total. The number of thiazole rings is 1. The summed E-state index contributed by atoms with van der Waals surface area (Å²) < 4.78 is 6.75. The molecule has 0 saturated carbocycles. The first-order valence-electron chi connectivity index (χ1n) is 6.72. The monoisotopic (exact) mass is 330 g/mol. The lowest BCUT2D eigenvalue weighted by Gasteiger charge is -2.03. The van der Waals surface area contributed by atoms with Gasteiger partial charge in [-0.05, 0) is 30.7 Å². The van der Waals surface area contributed by atoms with Crippen molar-refractivity contribution >= 4 is 28.4 Å². The zero-order chi connectivity index (χ0) is 16.4. The van der Waals surface area contributed by atoms with Crippen molar-refractivity contribution in [2.24, 2.45) is 5.10 Å². The molecule has 2 heterocycles. The van der Waals surface area contributed by atoms with Crippen molar-refractivity contribution in [3.05, 3.63) is 46.7 Å². The number of ether oxygens (including phenoxy) is 1. The molecule has 0 aliphatic rings. The number of phenols is 1. The molecule has 3 rings (SSSR count). The Hall–Kier alpha value is -2.87. The second-order valence-corrected chi connectivity index (χ2v) is 5.60. The van der Waals surface area contributed by atoms with Crippen LogP contribution in [0.5, 0.6) is 11.5 Å². The number of methoxy groups -OCH3 is 1. The van der Waals surface area contributed by atoms with E-state index in [1.54, 1.807) is 29.7 Å². The summed E-state index contributed by atoms with van der Waals surface area (Å²) in [6, 6.07) is 4.78. The van der Waals surface area contributed by atoms with Crippen LogP contribution in [0.15, 0.2) is 34.9 Å². The largest absolute Gasteiger partial charge is 0.504 e. The van der Waals surface area contributed by atoms with Crippen LogP contribution in [0.25, 0.3) is 4.96 Å². The van der Waals surface area contributed by atoms with Crippen LogP contribution < -0.4 is 10.2 Å². The number of carbonyl (C=O) groups is 1. The van der Waals surface area contributed by atoms with Gasteiger partial charge in [-0.25, -0.2) is 10.4 Å². The summed E-state index contributed by atoms with van der Waals surface area (Å²) >= 11 is 1.46. The number of imidazole rings is 1. The molecule has 1 aromatic carbocycles. The van der Waals surface area contributed by atoms with Crippen LogP contribution in [-0.4, -0.2) is 33.7 Å². The van der Waals surface area contributed by atoms with Crippen molar-refractivity contribution in [3.63, 3.8) is 0 Å². The van der Waals surface area contributed by atoms with E-state index in [2.05, 4.69) is 15.5 Å². The predicted octanol–water partition coefficient (Wildman–Crippen LogP) is 2.18. The lowest BCUT2D eigenvalue weighted by Crippen LogP contribution is -2.20. The molecule has 0 atom stereocenters. The van der Waals surface area contributed by atoms with Gasteiger partial charge >= 0.3 is 0 Å². The molecule has 0 unspecified atom stereocenters. The fourth-order valence-electron chi connectivity index (χ4n) is 2.16. The minimum atomic E-state index is -0.338. The minimum absolute atomic E-state index is 0.0448. The van der Waals surface area contributed by atoms with Gasteiger partial charge in [0.05, 0.1) is 19.0 Å². The summed E-state index contributed by atoms with van der Waals surface area (Å²) in [7, 11) is 1.46. The lowest BCUT2D eigenvalue weighted by molar-refractivity contribution is 0.0948. The molecule has 0 fully saturated rings. The van der Waals surface area contributed by atoms with Crippen LogP contribution in [0.4, 0.5) is 0 Å². The highest BCUT2D eigenvalue weighted by atomic mass is 32.1. The number of amides is 1. The first kappa shape index (κ1) is 15.0. The predicted molar refractivity (Wildman–Crippen MR) is 87.5 cm³/mol. The number of aromatic nitrogens is 2. The second kappa shape index (κ2) is 6.09. The van der Waals surface area contributed by atoms with Crippen LogP contribution in [0.2, 0.25) is 0 Å². The van der Waals surface area contributed by atoms with E-state index < -0.39 is 0 Å². The number of aromatic hydroxyl groups is 1. The number of fused-ring (bicyclic) bond motifs is 1. The molecule has 0 saturated heterocycles. The van der Waals surface area contributed by atoms with Crippen molar-refractivity contribution < 1.29 is 14.6 Å². The number of phenolic OH excluding ortho intramolecular Hbond substituents is 1. The standard InChI is InChI=1S/C15H14N4O3S/c1-9-13(19-5-6-23-15(19)17-9)14(21)18-16-8-10-3-4-11(20)12(7-10)22-2/h3-8,20H,1-2H3,(H,18,21). The fourth-order valence-corrected chi connectivity index (χ4v) is 2.92. The normalized spacial score (nSPS) is 11.2. The Labute approximate surface area is 135 Å². The summed E-state index contributed by atoms with van der Waals surface area (Å²) in [5.74, 6) is 0.0470. The maximum Gasteiger partial charge on any atom is 0.290 e. The molecule has 0 bridgehead atoms. The molecule has 1 amide bonds. The summed E-state index contributed by atoms with van der Waals surface area (Å²) in [6.45, 7) is 1.78. The number of carbonyl (C=O) groups excluding carboxylic acids is 1. The van der Waals surface area contributed by atoms with Crippen molar-refractivity contribution in [3.8, 4) is 11.5 Å². The highest BCUT2D eigenvalue weighted by molar-refractivity contribution is 7.15. The molecule has 118 valence electrons. The molecular weight excluding hydrogens is 316 g/mol. The SMILES string of the molecule is COc1cc(C=NNC(=O)c2c(C)nc3sccn23)ccc1O. The molecule has 0 radical (unpaired) electrons. The van der Waals surface area contributed by atoms with E-state index in [0.29, 0.717) is 22.7 Å². The second-order valence-electron chi connectivity index (χ2n) is 4.73. The van der Waals surface area contributed by atoms with Crippen LogP contribution >= 0.6 is 11.3 Å². The van der Waals surface area contributed by atoms with E-state index in [0.717, 1.165) is 4.96 Å². The highest BCUT2D eigenvalue weighted by Crippen LogP contribution is 2.25. The highest BCUT2D eigenvalue weighted by Gasteiger charge is 2.16. The number of rotatable bonds is 4. The van der Waals surface area contributed by atoms with Crippen molar-refractivity contribution in [2.75, 3.05) is 7.11 Å². The first-order valence-corrected chi connectivity index (χ1v) is 7.60. The van der Waals surface area contributed by atoms with Gasteiger partial charge in [-0.3, -0.25) is 9.20 Å². The Morgan fingerprint density at radius 2 is 2.35 bits per heavy atom. The molecule has 3 aromatic rings. The number of aryl methyl sites for hydroxylation is 1. The molecule has 0 aliphatic carbocycles. The Morgan fingerprint density at radius 1 is 1.52 bits per heavy atom. The number of nitrogens with one attached hydrogen (secondary N) is 1. The Balaban J connectivity index is 1.76. The van der Waals surface area contributed by atoms with Gasteiger partial charge in [0.2, 0.25) is 0 Å². The summed E-state index contributed by atoms with van der Waals surface area (Å²) in [4.78, 5) is 17.3. The van der Waals surface area contributed by atoms with Crippen LogP contribution in [0, 0.1) is 6.92 Å². The zero-order valence-corrected chi connectivity index (χ0v) is 13.3. The van der Waals surface area contributed by atoms with E-state index in [-0.39, 0.29) is 11.7 Å². The van der Waals surface area contributed by atoms with Gasteiger partial charge in [0.15, 0.2) is 16.5 Å². The molecule has 8 heteroatoms. The topological polar surface area (TPSA) is 88.2 Å². The van der Waals surface area contributed by atoms with Gasteiger partial charge in [-0.1, -0.05) is 0 Å². The molecule has 0 aliphatic heterocycles. The van der Waals surface area contributed by atoms with E-state index >= 15 is 0 Å². The Morgan fingerprint density at radius 3 is 3.13 bits per heavy atom. The average Bonchev–Trinajstić information content (AvgIpc) is 3.08. The van der Waals surface area contributed by atoms with E-state index in [4.69, 9.17) is 4.74 Å². The van der Waals surface area contributed by atoms with Crippen LogP contribution in [0.3, 0.4) is 0 Å². The van der Waals surface area contributed by atoms with Gasteiger partial charge in [0.25, 0.3) is 5.91 Å². The van der Waals surface area contributed by atoms with Gasteiger partial charge in [0, 0.05) is 11.6 Å². The summed E-state index contributed by atoms with van der Waals surface area (Å²) in [5, 5.41) is 15.3. The Kier molecular flexibility index (Phi) is 3.98. The zero-order valence-electron chi connectivity index (χ0n) is 12.5. The first-order chi connectivity index (χ1) is 11.1. The van der Waals surface area contributed by atoms with Crippen molar-refractivity contribution in [2.45, 2.75) is 6.92 Å². The molecule has 23 heavy (non-hydrogen) atoms. The molecule has 2 N–H and O–H groups in total. The number of nitrogens with zero attached hydrogens (tertiary/aromatic N) is 3. The lowest BCUT2D eigenvalue weighted by atomic mass is 10.2. The fraction of sp³-hybridized carbons (Fsp3) is 0.133. The van der Waals surface area contributed by atoms with E-state index in [1.807, 2.05) is 5.38 Å². The van der Waals surface area contributed by atoms with Crippen molar-refractivity contribution in [1.29, 1.82) is 0 Å². The van der Waals surface area contributed by atoms with E-state index in [1.165, 1.54) is 30.7 Å². The van der Waals surface area contributed by atoms with Gasteiger partial charge in [0.1, 0.15) is 5.69 Å². The smallest absolute Gasteiger partial charge is 0.290 e. The number of hydrogen-bond donors (Lipinski definition) is 2. The molecule has 0 spiro atoms. The summed E-state index contributed by atoms with van der Waals surface area (Å²) in [6.07, 6.45) is 3.27. The maximum absolute atomic E-state index is 12.3. The van der Waals surface area contributed by atoms with E-state index in [9.17, 15) is 9.90 Å².